The molecule has 3 aromatic rings. The van der Waals surface area contributed by atoms with Crippen molar-refractivity contribution in [3.05, 3.63) is 48.4 Å². The second kappa shape index (κ2) is 2.36. The molecule has 0 bridgehead atoms. The molecule has 1 heteroatoms. The van der Waals surface area contributed by atoms with Gasteiger partial charge >= 0.3 is 0 Å². The maximum absolute atomic E-state index is 7.88. The lowest BCUT2D eigenvalue weighted by molar-refractivity contribution is 0.669. The number of hydrogen-bond donors (Lipinski definition) is 0. The van der Waals surface area contributed by atoms with E-state index in [4.69, 9.17) is 14.0 Å². The zero-order valence-electron chi connectivity index (χ0n) is 13.4. The van der Waals surface area contributed by atoms with Crippen molar-refractivity contribution in [3.8, 4) is 0 Å². The Bertz CT molecular complexity index is 881. The fraction of sp³-hybridized carbons (Fsp3) is 0. The molecular weight excluding hydrogens is 160 g/mol. The number of fused-ring (bicyclic) bond motifs is 3. The highest BCUT2D eigenvalue weighted by Crippen LogP contribution is 2.27. The maximum Gasteiger partial charge on any atom is 0.136 e. The third-order valence-corrected chi connectivity index (χ3v) is 1.76. The number of benzene rings is 2. The second-order valence-electron chi connectivity index (χ2n) is 2.51. The van der Waals surface area contributed by atoms with E-state index in [0.29, 0.717) is 0 Å². The summed E-state index contributed by atoms with van der Waals surface area (Å²) in [6, 6.07) is 0.0899. The van der Waals surface area contributed by atoms with E-state index < -0.39 is 12.1 Å². The molecule has 0 aliphatic carbocycles. The molecule has 0 atom stereocenters. The number of para-hydroxylation sites is 1. The predicted octanol–water partition coefficient (Wildman–Crippen LogP) is 3.39. The molecule has 2 aromatic carbocycles. The van der Waals surface area contributed by atoms with Gasteiger partial charge in [-0.05, 0) is 18.2 Å². The van der Waals surface area contributed by atoms with Gasteiger partial charge in [0.15, 0.2) is 0 Å². The van der Waals surface area contributed by atoms with Crippen LogP contribution in [0, 0.1) is 6.07 Å². The molecule has 0 unspecified atom stereocenters. The first-order chi connectivity index (χ1) is 9.34. The summed E-state index contributed by atoms with van der Waals surface area (Å²) in [5.74, 6) is 0. The summed E-state index contributed by atoms with van der Waals surface area (Å²) in [6.07, 6.45) is 0. The Labute approximate surface area is 85.4 Å². The average molecular weight is 174 g/mol. The van der Waals surface area contributed by atoms with Crippen LogP contribution in [0.15, 0.2) is 46.7 Å². The first-order valence-corrected chi connectivity index (χ1v) is 3.66. The van der Waals surface area contributed by atoms with Gasteiger partial charge in [0.2, 0.25) is 0 Å². The molecule has 0 amide bonds. The molecular formula is C12H7O. The van der Waals surface area contributed by atoms with Crippen molar-refractivity contribution in [2.45, 2.75) is 0 Å². The van der Waals surface area contributed by atoms with Crippen LogP contribution in [-0.4, -0.2) is 0 Å². The lowest BCUT2D eigenvalue weighted by Gasteiger charge is -1.84. The molecule has 0 spiro atoms. The van der Waals surface area contributed by atoms with Gasteiger partial charge in [0, 0.05) is 10.8 Å². The average Bonchev–Trinajstić information content (AvgIpc) is 2.80. The highest BCUT2D eigenvalue weighted by Gasteiger charge is 2.03. The van der Waals surface area contributed by atoms with Gasteiger partial charge < -0.3 is 4.42 Å². The standard InChI is InChI=1S/C12H7O/c1-3-7-11-9(5-1)10-6-2-4-8-12(10)13-11/h1-5,7-8H/i1D,2D,3D,4D,5D,7D,8D. The smallest absolute Gasteiger partial charge is 0.136 e. The lowest BCUT2D eigenvalue weighted by Crippen LogP contribution is -1.63. The highest BCUT2D eigenvalue weighted by atomic mass is 16.3. The van der Waals surface area contributed by atoms with Crippen molar-refractivity contribution in [1.29, 1.82) is 0 Å². The Kier molecular flexibility index (Phi) is 0.523. The van der Waals surface area contributed by atoms with Gasteiger partial charge in [0.1, 0.15) is 11.2 Å². The summed E-state index contributed by atoms with van der Waals surface area (Å²) in [4.78, 5) is 0. The summed E-state index contributed by atoms with van der Waals surface area (Å²) in [5, 5.41) is 0.228. The molecule has 0 fully saturated rings. The number of rotatable bonds is 0. The topological polar surface area (TPSA) is 13.1 Å². The maximum atomic E-state index is 7.88. The highest BCUT2D eigenvalue weighted by molar-refractivity contribution is 6.04. The normalized spacial score (nSPS) is 18.6. The van der Waals surface area contributed by atoms with Crippen LogP contribution in [0.4, 0.5) is 0 Å². The van der Waals surface area contributed by atoms with Gasteiger partial charge in [-0.1, -0.05) is 30.2 Å². The first-order valence-electron chi connectivity index (χ1n) is 7.16. The van der Waals surface area contributed by atoms with Crippen molar-refractivity contribution in [2.24, 2.45) is 0 Å². The Hall–Kier alpha value is -1.76. The molecule has 1 nitrogen and oxygen atoms in total. The molecule has 3 rings (SSSR count). The van der Waals surface area contributed by atoms with E-state index in [9.17, 15) is 0 Å². The van der Waals surface area contributed by atoms with Crippen LogP contribution >= 0.6 is 0 Å². The first kappa shape index (κ1) is 2.88. The third kappa shape index (κ3) is 0.872. The monoisotopic (exact) mass is 174 g/mol. The predicted molar refractivity (Wildman–Crippen MR) is 52.6 cm³/mol. The third-order valence-electron chi connectivity index (χ3n) is 1.76. The Morgan fingerprint density at radius 3 is 2.92 bits per heavy atom. The minimum atomic E-state index is -0.426. The van der Waals surface area contributed by atoms with Crippen LogP contribution in [0.5, 0.6) is 0 Å². The van der Waals surface area contributed by atoms with Crippen LogP contribution in [0.3, 0.4) is 0 Å². The molecule has 0 saturated heterocycles. The van der Waals surface area contributed by atoms with E-state index in [2.05, 4.69) is 6.07 Å². The minimum Gasteiger partial charge on any atom is -0.456 e. The molecule has 0 N–H and O–H groups in total. The van der Waals surface area contributed by atoms with Crippen molar-refractivity contribution in [2.75, 3.05) is 0 Å². The van der Waals surface area contributed by atoms with Gasteiger partial charge in [-0.3, -0.25) is 0 Å². The fourth-order valence-corrected chi connectivity index (χ4v) is 1.21. The van der Waals surface area contributed by atoms with Crippen molar-refractivity contribution in [1.82, 2.24) is 0 Å². The number of hydrogen-bond acceptors (Lipinski definition) is 1. The van der Waals surface area contributed by atoms with Gasteiger partial charge in [-0.15, -0.1) is 0 Å². The molecule has 0 saturated carbocycles. The van der Waals surface area contributed by atoms with E-state index in [1.54, 1.807) is 0 Å². The van der Waals surface area contributed by atoms with E-state index >= 15 is 0 Å². The quantitative estimate of drug-likeness (QED) is 0.509. The van der Waals surface area contributed by atoms with Gasteiger partial charge in [0.25, 0.3) is 0 Å². The molecule has 0 aliphatic rings. The Morgan fingerprint density at radius 1 is 1.08 bits per heavy atom. The summed E-state index contributed by atoms with van der Waals surface area (Å²) >= 11 is 0. The minimum absolute atomic E-state index is 0.0481. The summed E-state index contributed by atoms with van der Waals surface area (Å²) in [5.41, 5.74) is -0.131. The molecule has 0 aliphatic heterocycles. The van der Waals surface area contributed by atoms with Crippen LogP contribution < -0.4 is 0 Å². The van der Waals surface area contributed by atoms with E-state index in [-0.39, 0.29) is 52.2 Å². The van der Waals surface area contributed by atoms with Crippen LogP contribution in [0.2, 0.25) is 0 Å². The van der Waals surface area contributed by atoms with E-state index in [1.165, 1.54) is 0 Å². The second-order valence-corrected chi connectivity index (χ2v) is 2.51. The zero-order chi connectivity index (χ0) is 14.8. The summed E-state index contributed by atoms with van der Waals surface area (Å²) in [6.45, 7) is 0. The number of furan rings is 1. The summed E-state index contributed by atoms with van der Waals surface area (Å²) < 4.78 is 59.1. The lowest BCUT2D eigenvalue weighted by atomic mass is 10.2. The zero-order valence-corrected chi connectivity index (χ0v) is 6.41. The van der Waals surface area contributed by atoms with Gasteiger partial charge in [-0.2, -0.15) is 0 Å². The molecule has 61 valence electrons. The van der Waals surface area contributed by atoms with Gasteiger partial charge in [0.05, 0.1) is 9.60 Å². The van der Waals surface area contributed by atoms with Crippen molar-refractivity contribution in [3.63, 3.8) is 0 Å². The Balaban J connectivity index is 2.67. The fourth-order valence-electron chi connectivity index (χ4n) is 1.21. The molecule has 1 aromatic heterocycles. The molecule has 1 heterocycles. The van der Waals surface area contributed by atoms with E-state index in [0.717, 1.165) is 0 Å². The summed E-state index contributed by atoms with van der Waals surface area (Å²) in [7, 11) is 0. The SMILES string of the molecule is [2H]c1[c]c2c(oc3c([2H])c([2H])c([2H])c([2H])c32)c([2H])c1[2H]. The van der Waals surface area contributed by atoms with Crippen LogP contribution in [-0.2, 0) is 0 Å². The van der Waals surface area contributed by atoms with Crippen molar-refractivity contribution < 1.29 is 14.0 Å². The molecule has 13 heavy (non-hydrogen) atoms. The van der Waals surface area contributed by atoms with Crippen LogP contribution in [0.25, 0.3) is 21.9 Å². The largest absolute Gasteiger partial charge is 0.456 e. The van der Waals surface area contributed by atoms with E-state index in [1.807, 2.05) is 0 Å². The Morgan fingerprint density at radius 2 is 1.92 bits per heavy atom. The van der Waals surface area contributed by atoms with Crippen LogP contribution in [0.1, 0.15) is 9.60 Å². The van der Waals surface area contributed by atoms with Gasteiger partial charge in [-0.25, -0.2) is 0 Å². The molecule has 1 radical (unpaired) electrons. The van der Waals surface area contributed by atoms with Crippen molar-refractivity contribution >= 4 is 21.9 Å².